The van der Waals surface area contributed by atoms with E-state index < -0.39 is 0 Å². The number of rotatable bonds is 11. The Kier molecular flexibility index (Phi) is 9.05. The van der Waals surface area contributed by atoms with Crippen molar-refractivity contribution in [3.8, 4) is 5.75 Å². The number of likely N-dealkylation sites (N-methyl/N-ethyl adjacent to an activating group) is 1. The molecule has 9 heteroatoms. The Labute approximate surface area is 239 Å². The normalized spacial score (nSPS) is 14.1. The third kappa shape index (κ3) is 6.67. The molecule has 1 aliphatic heterocycles. The van der Waals surface area contributed by atoms with Crippen molar-refractivity contribution in [1.82, 2.24) is 19.8 Å². The smallest absolute Gasteiger partial charge is 0.246 e. The molecule has 8 nitrogen and oxygen atoms in total. The van der Waals surface area contributed by atoms with Crippen molar-refractivity contribution in [3.05, 3.63) is 94.6 Å². The summed E-state index contributed by atoms with van der Waals surface area (Å²) in [6, 6.07) is 18.1. The molecule has 5 rings (SSSR count). The summed E-state index contributed by atoms with van der Waals surface area (Å²) in [5.41, 5.74) is 3.40. The highest BCUT2D eigenvalue weighted by atomic mass is 32.1. The van der Waals surface area contributed by atoms with Gasteiger partial charge in [-0.2, -0.15) is 0 Å². The summed E-state index contributed by atoms with van der Waals surface area (Å²) in [7, 11) is 5.64. The summed E-state index contributed by atoms with van der Waals surface area (Å²) >= 11 is 1.64. The van der Waals surface area contributed by atoms with Gasteiger partial charge in [-0.25, -0.2) is 9.97 Å². The van der Waals surface area contributed by atoms with E-state index >= 15 is 0 Å². The van der Waals surface area contributed by atoms with Crippen LogP contribution in [0.2, 0.25) is 0 Å². The lowest BCUT2D eigenvalue weighted by Gasteiger charge is -2.26. The van der Waals surface area contributed by atoms with Crippen molar-refractivity contribution in [1.29, 1.82) is 0 Å². The molecular formula is C31H35N5O3S. The SMILES string of the molecule is COc1cccc(COC[C@@H](Nc2ncnc3sc4c(c23)CCN(C(=O)/C=C/CN(C)C)C4)c2ccccc2)c1. The molecule has 4 aromatic rings. The van der Waals surface area contributed by atoms with Crippen LogP contribution in [0.5, 0.6) is 5.75 Å². The van der Waals surface area contributed by atoms with Gasteiger partial charge >= 0.3 is 0 Å². The van der Waals surface area contributed by atoms with Crippen LogP contribution in [0.3, 0.4) is 0 Å². The van der Waals surface area contributed by atoms with E-state index in [-0.39, 0.29) is 11.9 Å². The van der Waals surface area contributed by atoms with Crippen molar-refractivity contribution in [3.63, 3.8) is 0 Å². The summed E-state index contributed by atoms with van der Waals surface area (Å²) < 4.78 is 11.5. The number of nitrogens with zero attached hydrogens (tertiary/aromatic N) is 4. The third-order valence-corrected chi connectivity index (χ3v) is 8.00. The fourth-order valence-electron chi connectivity index (χ4n) is 4.82. The molecule has 208 valence electrons. The summed E-state index contributed by atoms with van der Waals surface area (Å²) in [5.74, 6) is 1.66. The van der Waals surface area contributed by atoms with E-state index in [2.05, 4.69) is 27.4 Å². The topological polar surface area (TPSA) is 79.8 Å². The Bertz CT molecular complexity index is 1470. The number of aromatic nitrogens is 2. The number of hydrogen-bond acceptors (Lipinski definition) is 8. The van der Waals surface area contributed by atoms with E-state index in [4.69, 9.17) is 9.47 Å². The van der Waals surface area contributed by atoms with Gasteiger partial charge in [0.2, 0.25) is 5.91 Å². The van der Waals surface area contributed by atoms with Gasteiger partial charge in [0.25, 0.3) is 0 Å². The number of anilines is 1. The van der Waals surface area contributed by atoms with Gasteiger partial charge in [0.15, 0.2) is 0 Å². The molecule has 1 amide bonds. The minimum Gasteiger partial charge on any atom is -0.497 e. The molecule has 2 aromatic heterocycles. The predicted octanol–water partition coefficient (Wildman–Crippen LogP) is 5.07. The zero-order valence-corrected chi connectivity index (χ0v) is 24.0. The highest BCUT2D eigenvalue weighted by Crippen LogP contribution is 2.38. The van der Waals surface area contributed by atoms with Crippen LogP contribution in [0.4, 0.5) is 5.82 Å². The molecular weight excluding hydrogens is 522 g/mol. The van der Waals surface area contributed by atoms with E-state index in [1.807, 2.05) is 72.4 Å². The zero-order valence-electron chi connectivity index (χ0n) is 23.2. The number of amides is 1. The van der Waals surface area contributed by atoms with Crippen LogP contribution >= 0.6 is 11.3 Å². The molecule has 0 spiro atoms. The van der Waals surface area contributed by atoms with Crippen LogP contribution < -0.4 is 10.1 Å². The number of nitrogens with one attached hydrogen (secondary N) is 1. The third-order valence-electron chi connectivity index (χ3n) is 6.88. The van der Waals surface area contributed by atoms with Crippen LogP contribution in [0, 0.1) is 0 Å². The number of hydrogen-bond donors (Lipinski definition) is 1. The maximum atomic E-state index is 12.8. The molecule has 0 fully saturated rings. The Morgan fingerprint density at radius 2 is 2.02 bits per heavy atom. The van der Waals surface area contributed by atoms with E-state index in [0.717, 1.165) is 45.9 Å². The Morgan fingerprint density at radius 3 is 2.83 bits per heavy atom. The highest BCUT2D eigenvalue weighted by Gasteiger charge is 2.26. The molecule has 0 saturated carbocycles. The Balaban J connectivity index is 1.34. The van der Waals surface area contributed by atoms with Crippen LogP contribution in [0.15, 0.2) is 73.1 Å². The Morgan fingerprint density at radius 1 is 1.18 bits per heavy atom. The van der Waals surface area contributed by atoms with Crippen molar-refractivity contribution in [2.24, 2.45) is 0 Å². The van der Waals surface area contributed by atoms with Crippen molar-refractivity contribution in [2.75, 3.05) is 46.2 Å². The van der Waals surface area contributed by atoms with E-state index in [9.17, 15) is 4.79 Å². The largest absolute Gasteiger partial charge is 0.497 e. The standard InChI is InChI=1S/C31H35N5O3S/c1-35(2)15-8-13-28(37)36-16-14-25-27(18-36)40-31-29(25)30(32-21-33-31)34-26(23-10-5-4-6-11-23)20-39-19-22-9-7-12-24(17-22)38-3/h4-13,17,21,26H,14-16,18-20H2,1-3H3,(H,32,33,34)/b13-8+/t26-/m1/s1. The molecule has 0 unspecified atom stereocenters. The number of benzene rings is 2. The van der Waals surface area contributed by atoms with Gasteiger partial charge in [0.1, 0.15) is 22.7 Å². The average Bonchev–Trinajstić information content (AvgIpc) is 3.35. The quantitative estimate of drug-likeness (QED) is 0.258. The van der Waals surface area contributed by atoms with Gasteiger partial charge in [0, 0.05) is 24.0 Å². The van der Waals surface area contributed by atoms with Gasteiger partial charge in [0.05, 0.1) is 38.3 Å². The molecule has 2 aromatic carbocycles. The van der Waals surface area contributed by atoms with Gasteiger partial charge in [-0.3, -0.25) is 4.79 Å². The second kappa shape index (κ2) is 13.0. The van der Waals surface area contributed by atoms with Crippen molar-refractivity contribution >= 4 is 33.3 Å². The maximum Gasteiger partial charge on any atom is 0.246 e. The molecule has 1 aliphatic rings. The second-order valence-electron chi connectivity index (χ2n) is 10.1. The van der Waals surface area contributed by atoms with Crippen molar-refractivity contribution in [2.45, 2.75) is 25.6 Å². The van der Waals surface area contributed by atoms with Crippen LogP contribution in [-0.2, 0) is 29.1 Å². The van der Waals surface area contributed by atoms with Gasteiger partial charge in [-0.1, -0.05) is 48.5 Å². The fraction of sp³-hybridized carbons (Fsp3) is 0.323. The molecule has 0 saturated heterocycles. The van der Waals surface area contributed by atoms with E-state index in [1.54, 1.807) is 30.8 Å². The lowest BCUT2D eigenvalue weighted by Crippen LogP contribution is -2.34. The predicted molar refractivity (Wildman–Crippen MR) is 160 cm³/mol. The number of fused-ring (bicyclic) bond motifs is 3. The molecule has 1 atom stereocenters. The molecule has 1 N–H and O–H groups in total. The first-order valence-corrected chi connectivity index (χ1v) is 14.2. The fourth-order valence-corrected chi connectivity index (χ4v) is 6.03. The number of carbonyl (C=O) groups excluding carboxylic acids is 1. The van der Waals surface area contributed by atoms with Gasteiger partial charge in [-0.05, 0) is 49.3 Å². The van der Waals surface area contributed by atoms with Gasteiger partial charge < -0.3 is 24.6 Å². The first kappa shape index (κ1) is 27.8. The lowest BCUT2D eigenvalue weighted by atomic mass is 10.0. The van der Waals surface area contributed by atoms with Crippen LogP contribution in [0.25, 0.3) is 10.2 Å². The molecule has 0 aliphatic carbocycles. The lowest BCUT2D eigenvalue weighted by molar-refractivity contribution is -0.126. The average molecular weight is 558 g/mol. The molecule has 3 heterocycles. The molecule has 40 heavy (non-hydrogen) atoms. The van der Waals surface area contributed by atoms with Crippen molar-refractivity contribution < 1.29 is 14.3 Å². The monoisotopic (exact) mass is 557 g/mol. The highest BCUT2D eigenvalue weighted by molar-refractivity contribution is 7.19. The van der Waals surface area contributed by atoms with E-state index in [0.29, 0.717) is 26.3 Å². The summed E-state index contributed by atoms with van der Waals surface area (Å²) in [6.45, 7) is 2.93. The summed E-state index contributed by atoms with van der Waals surface area (Å²) in [4.78, 5) is 28.1. The van der Waals surface area contributed by atoms with Crippen LogP contribution in [-0.4, -0.2) is 66.6 Å². The number of carbonyl (C=O) groups is 1. The first-order valence-electron chi connectivity index (χ1n) is 13.4. The summed E-state index contributed by atoms with van der Waals surface area (Å²) in [6.07, 6.45) is 5.98. The van der Waals surface area contributed by atoms with Gasteiger partial charge in [-0.15, -0.1) is 11.3 Å². The number of methoxy groups -OCH3 is 1. The zero-order chi connectivity index (χ0) is 27.9. The molecule has 0 bridgehead atoms. The van der Waals surface area contributed by atoms with E-state index in [1.165, 1.54) is 10.4 Å². The maximum absolute atomic E-state index is 12.8. The number of ether oxygens (including phenoxy) is 2. The second-order valence-corrected chi connectivity index (χ2v) is 11.1. The molecule has 0 radical (unpaired) electrons. The van der Waals surface area contributed by atoms with Crippen LogP contribution in [0.1, 0.15) is 27.6 Å². The summed E-state index contributed by atoms with van der Waals surface area (Å²) in [5, 5.41) is 4.71. The number of thiophene rings is 1. The minimum atomic E-state index is -0.107. The Hall–Kier alpha value is -3.79. The minimum absolute atomic E-state index is 0.0479. The first-order chi connectivity index (χ1) is 19.5.